The minimum absolute atomic E-state index is 0.202. The fourth-order valence-corrected chi connectivity index (χ4v) is 2.63. The Kier molecular flexibility index (Phi) is 7.42. The van der Waals surface area contributed by atoms with Gasteiger partial charge in [-0.1, -0.05) is 30.3 Å². The number of carbonyl (C=O) groups is 1. The molecule has 0 atom stereocenters. The van der Waals surface area contributed by atoms with Crippen molar-refractivity contribution in [1.82, 2.24) is 14.8 Å². The van der Waals surface area contributed by atoms with Gasteiger partial charge in [-0.25, -0.2) is 0 Å². The van der Waals surface area contributed by atoms with Crippen LogP contribution in [0, 0.1) is 0 Å². The molecule has 0 radical (unpaired) electrons. The maximum absolute atomic E-state index is 10.6. The fourth-order valence-electron chi connectivity index (χ4n) is 2.63. The lowest BCUT2D eigenvalue weighted by molar-refractivity contribution is -0.137. The summed E-state index contributed by atoms with van der Waals surface area (Å²) in [4.78, 5) is 10.6. The number of methoxy groups -OCH3 is 1. The lowest BCUT2D eigenvalue weighted by Crippen LogP contribution is -2.07. The summed E-state index contributed by atoms with van der Waals surface area (Å²) in [6.07, 6.45) is 4.39. The largest absolute Gasteiger partial charge is 0.481 e. The lowest BCUT2D eigenvalue weighted by Gasteiger charge is -2.10. The summed E-state index contributed by atoms with van der Waals surface area (Å²) in [6.45, 7) is 1.59. The number of carboxylic acids is 1. The van der Waals surface area contributed by atoms with Crippen LogP contribution in [0.2, 0.25) is 0 Å². The van der Waals surface area contributed by atoms with Gasteiger partial charge in [-0.2, -0.15) is 0 Å². The number of unbranched alkanes of at least 4 members (excludes halogenated alkanes) is 2. The predicted molar refractivity (Wildman–Crippen MR) is 91.8 cm³/mol. The molecule has 2 aromatic rings. The van der Waals surface area contributed by atoms with Gasteiger partial charge in [0, 0.05) is 38.7 Å². The number of hydrogen-bond donors (Lipinski definition) is 1. The summed E-state index contributed by atoms with van der Waals surface area (Å²) in [5.74, 6) is 1.05. The van der Waals surface area contributed by atoms with Gasteiger partial charge in [0.2, 0.25) is 0 Å². The van der Waals surface area contributed by atoms with E-state index in [9.17, 15) is 4.79 Å². The van der Waals surface area contributed by atoms with Crippen molar-refractivity contribution in [3.8, 4) is 11.4 Å². The molecule has 0 aliphatic heterocycles. The van der Waals surface area contributed by atoms with E-state index in [4.69, 9.17) is 9.84 Å². The Morgan fingerprint density at radius 2 is 1.92 bits per heavy atom. The average Bonchev–Trinajstić information content (AvgIpc) is 2.99. The summed E-state index contributed by atoms with van der Waals surface area (Å²) in [5, 5.41) is 17.4. The van der Waals surface area contributed by atoms with Crippen molar-refractivity contribution in [2.24, 2.45) is 0 Å². The first-order valence-corrected chi connectivity index (χ1v) is 8.40. The first-order valence-electron chi connectivity index (χ1n) is 8.40. The van der Waals surface area contributed by atoms with Crippen molar-refractivity contribution < 1.29 is 14.6 Å². The summed E-state index contributed by atoms with van der Waals surface area (Å²) in [5.41, 5.74) is 1.05. The lowest BCUT2D eigenvalue weighted by atomic mass is 10.1. The van der Waals surface area contributed by atoms with E-state index < -0.39 is 5.97 Å². The van der Waals surface area contributed by atoms with E-state index in [1.54, 1.807) is 7.11 Å². The van der Waals surface area contributed by atoms with Gasteiger partial charge in [-0.3, -0.25) is 4.79 Å². The number of hydrogen-bond acceptors (Lipinski definition) is 4. The number of aliphatic carboxylic acids is 1. The van der Waals surface area contributed by atoms with E-state index in [-0.39, 0.29) is 6.42 Å². The van der Waals surface area contributed by atoms with Gasteiger partial charge >= 0.3 is 5.97 Å². The van der Waals surface area contributed by atoms with Gasteiger partial charge in [0.1, 0.15) is 5.82 Å². The van der Waals surface area contributed by atoms with Crippen molar-refractivity contribution >= 4 is 5.97 Å². The van der Waals surface area contributed by atoms with Crippen LogP contribution in [-0.2, 0) is 22.5 Å². The molecular weight excluding hydrogens is 306 g/mol. The highest BCUT2D eigenvalue weighted by Gasteiger charge is 2.13. The van der Waals surface area contributed by atoms with E-state index in [0.29, 0.717) is 6.42 Å². The van der Waals surface area contributed by atoms with Crippen molar-refractivity contribution in [3.05, 3.63) is 36.2 Å². The van der Waals surface area contributed by atoms with E-state index in [0.717, 1.165) is 56.0 Å². The fraction of sp³-hybridized carbons (Fsp3) is 0.500. The average molecular weight is 331 g/mol. The standard InChI is InChI=1S/C18H25N3O3/c1-24-14-8-7-13-21-16(11-5-6-12-17(22)23)19-20-18(21)15-9-3-2-4-10-15/h2-4,9-10H,5-8,11-14H2,1H3,(H,22,23). The summed E-state index contributed by atoms with van der Waals surface area (Å²) in [7, 11) is 1.71. The topological polar surface area (TPSA) is 77.2 Å². The van der Waals surface area contributed by atoms with Crippen LogP contribution < -0.4 is 0 Å². The predicted octanol–water partition coefficient (Wildman–Crippen LogP) is 3.17. The molecule has 0 saturated heterocycles. The number of aryl methyl sites for hydroxylation is 1. The van der Waals surface area contributed by atoms with Crippen molar-refractivity contribution in [2.45, 2.75) is 45.1 Å². The van der Waals surface area contributed by atoms with E-state index in [2.05, 4.69) is 14.8 Å². The molecule has 2 rings (SSSR count). The highest BCUT2D eigenvalue weighted by atomic mass is 16.5. The summed E-state index contributed by atoms with van der Waals surface area (Å²) < 4.78 is 7.27. The normalized spacial score (nSPS) is 10.9. The molecule has 6 heteroatoms. The van der Waals surface area contributed by atoms with Crippen LogP contribution in [0.4, 0.5) is 0 Å². The highest BCUT2D eigenvalue weighted by Crippen LogP contribution is 2.20. The Balaban J connectivity index is 2.07. The van der Waals surface area contributed by atoms with Crippen molar-refractivity contribution in [1.29, 1.82) is 0 Å². The Hall–Kier alpha value is -2.21. The Morgan fingerprint density at radius 3 is 2.62 bits per heavy atom. The van der Waals surface area contributed by atoms with Gasteiger partial charge in [-0.15, -0.1) is 10.2 Å². The van der Waals surface area contributed by atoms with Gasteiger partial charge in [0.25, 0.3) is 0 Å². The third-order valence-corrected chi connectivity index (χ3v) is 3.88. The second kappa shape index (κ2) is 9.82. The van der Waals surface area contributed by atoms with E-state index in [1.807, 2.05) is 30.3 Å². The van der Waals surface area contributed by atoms with Crippen LogP contribution in [0.3, 0.4) is 0 Å². The molecule has 0 saturated carbocycles. The van der Waals surface area contributed by atoms with Gasteiger partial charge in [0.05, 0.1) is 0 Å². The minimum Gasteiger partial charge on any atom is -0.481 e. The Labute approximate surface area is 142 Å². The number of carboxylic acid groups (broad SMARTS) is 1. The van der Waals surface area contributed by atoms with E-state index in [1.165, 1.54) is 0 Å². The Morgan fingerprint density at radius 1 is 1.12 bits per heavy atom. The van der Waals surface area contributed by atoms with Gasteiger partial charge in [0.15, 0.2) is 5.82 Å². The zero-order valence-electron chi connectivity index (χ0n) is 14.1. The maximum atomic E-state index is 10.6. The monoisotopic (exact) mass is 331 g/mol. The first-order chi connectivity index (χ1) is 11.7. The number of nitrogens with zero attached hydrogens (tertiary/aromatic N) is 3. The molecule has 1 aromatic carbocycles. The molecule has 6 nitrogen and oxygen atoms in total. The van der Waals surface area contributed by atoms with Crippen LogP contribution in [-0.4, -0.2) is 39.6 Å². The molecule has 1 N–H and O–H groups in total. The molecule has 0 amide bonds. The zero-order chi connectivity index (χ0) is 17.2. The van der Waals surface area contributed by atoms with Gasteiger partial charge < -0.3 is 14.4 Å². The minimum atomic E-state index is -0.749. The smallest absolute Gasteiger partial charge is 0.303 e. The quantitative estimate of drug-likeness (QED) is 0.640. The number of benzene rings is 1. The number of rotatable bonds is 11. The van der Waals surface area contributed by atoms with Crippen LogP contribution in [0.15, 0.2) is 30.3 Å². The third kappa shape index (κ3) is 5.45. The zero-order valence-corrected chi connectivity index (χ0v) is 14.1. The second-order valence-corrected chi connectivity index (χ2v) is 5.76. The summed E-state index contributed by atoms with van der Waals surface area (Å²) >= 11 is 0. The molecule has 1 heterocycles. The van der Waals surface area contributed by atoms with Gasteiger partial charge in [-0.05, 0) is 25.7 Å². The van der Waals surface area contributed by atoms with E-state index >= 15 is 0 Å². The second-order valence-electron chi connectivity index (χ2n) is 5.76. The molecule has 130 valence electrons. The molecule has 1 aromatic heterocycles. The third-order valence-electron chi connectivity index (χ3n) is 3.88. The molecular formula is C18H25N3O3. The molecule has 0 bridgehead atoms. The van der Waals surface area contributed by atoms with Crippen LogP contribution in [0.1, 0.15) is 37.9 Å². The molecule has 0 aliphatic rings. The van der Waals surface area contributed by atoms with Crippen LogP contribution in [0.5, 0.6) is 0 Å². The first kappa shape index (κ1) is 18.1. The number of aromatic nitrogens is 3. The van der Waals surface area contributed by atoms with Crippen molar-refractivity contribution in [2.75, 3.05) is 13.7 Å². The molecule has 24 heavy (non-hydrogen) atoms. The Bertz CT molecular complexity index is 626. The van der Waals surface area contributed by atoms with Crippen LogP contribution >= 0.6 is 0 Å². The maximum Gasteiger partial charge on any atom is 0.303 e. The number of ether oxygens (including phenoxy) is 1. The molecule has 0 unspecified atom stereocenters. The molecule has 0 spiro atoms. The molecule has 0 fully saturated rings. The summed E-state index contributed by atoms with van der Waals surface area (Å²) in [6, 6.07) is 10.0. The van der Waals surface area contributed by atoms with Crippen molar-refractivity contribution in [3.63, 3.8) is 0 Å². The SMILES string of the molecule is COCCCCn1c(CCCCC(=O)O)nnc1-c1ccccc1. The van der Waals surface area contributed by atoms with Crippen LogP contribution in [0.25, 0.3) is 11.4 Å². The molecule has 0 aliphatic carbocycles. The highest BCUT2D eigenvalue weighted by molar-refractivity contribution is 5.66.